The van der Waals surface area contributed by atoms with E-state index in [2.05, 4.69) is 16.0 Å². The molecule has 0 saturated heterocycles. The van der Waals surface area contributed by atoms with Gasteiger partial charge < -0.3 is 15.4 Å². The minimum Gasteiger partial charge on any atom is -0.451 e. The Bertz CT molecular complexity index is 747. The lowest BCUT2D eigenvalue weighted by Crippen LogP contribution is -2.49. The van der Waals surface area contributed by atoms with Crippen molar-refractivity contribution in [3.63, 3.8) is 0 Å². The van der Waals surface area contributed by atoms with Crippen molar-refractivity contribution in [2.24, 2.45) is 0 Å². The molecule has 0 bridgehead atoms. The summed E-state index contributed by atoms with van der Waals surface area (Å²) in [5.41, 5.74) is 0.333. The second kappa shape index (κ2) is 10.8. The molecule has 29 heavy (non-hydrogen) atoms. The van der Waals surface area contributed by atoms with Crippen LogP contribution in [0.25, 0.3) is 0 Å². The lowest BCUT2D eigenvalue weighted by atomic mass is 9.96. The number of esters is 1. The Hall–Kier alpha value is -2.61. The van der Waals surface area contributed by atoms with Gasteiger partial charge in [0.25, 0.3) is 11.8 Å². The van der Waals surface area contributed by atoms with Gasteiger partial charge in [0.15, 0.2) is 6.10 Å². The molecule has 158 valence electrons. The summed E-state index contributed by atoms with van der Waals surface area (Å²) in [4.78, 5) is 48.3. The van der Waals surface area contributed by atoms with Crippen molar-refractivity contribution in [2.45, 2.75) is 64.1 Å². The molecule has 1 fully saturated rings. The number of ether oxygens (including phenoxy) is 1. The molecule has 0 spiro atoms. The largest absolute Gasteiger partial charge is 0.451 e. The monoisotopic (exact) mass is 423 g/mol. The highest BCUT2D eigenvalue weighted by Crippen LogP contribution is 2.17. The normalized spacial score (nSPS) is 16.2. The summed E-state index contributed by atoms with van der Waals surface area (Å²) in [7, 11) is 0. The maximum absolute atomic E-state index is 12.1. The molecule has 0 aliphatic heterocycles. The molecule has 3 N–H and O–H groups in total. The van der Waals surface area contributed by atoms with Crippen molar-refractivity contribution in [2.75, 3.05) is 0 Å². The van der Waals surface area contributed by atoms with Gasteiger partial charge in [0.2, 0.25) is 0 Å². The SMILES string of the molecule is C[C@H](NC(=O)c1ccc(Cl)cc1)C(=O)O[C@H](C)C(=O)NC(=O)NC1CCCCC1. The molecule has 9 heteroatoms. The second-order valence-electron chi connectivity index (χ2n) is 7.08. The highest BCUT2D eigenvalue weighted by molar-refractivity contribution is 6.30. The lowest BCUT2D eigenvalue weighted by Gasteiger charge is -2.23. The summed E-state index contributed by atoms with van der Waals surface area (Å²) in [6.07, 6.45) is 3.83. The fraction of sp³-hybridized carbons (Fsp3) is 0.500. The first kappa shape index (κ1) is 22.7. The van der Waals surface area contributed by atoms with Crippen LogP contribution in [0.4, 0.5) is 4.79 Å². The maximum Gasteiger partial charge on any atom is 0.329 e. The highest BCUT2D eigenvalue weighted by atomic mass is 35.5. The molecule has 0 aromatic heterocycles. The van der Waals surface area contributed by atoms with Crippen LogP contribution in [0.1, 0.15) is 56.3 Å². The van der Waals surface area contributed by atoms with E-state index in [1.807, 2.05) is 0 Å². The van der Waals surface area contributed by atoms with Gasteiger partial charge in [-0.15, -0.1) is 0 Å². The van der Waals surface area contributed by atoms with E-state index >= 15 is 0 Å². The first-order valence-corrected chi connectivity index (χ1v) is 10.0. The Kier molecular flexibility index (Phi) is 8.45. The minimum absolute atomic E-state index is 0.0532. The average molecular weight is 424 g/mol. The van der Waals surface area contributed by atoms with Gasteiger partial charge in [-0.25, -0.2) is 9.59 Å². The van der Waals surface area contributed by atoms with Gasteiger partial charge in [0.05, 0.1) is 0 Å². The Morgan fingerprint density at radius 1 is 1.03 bits per heavy atom. The van der Waals surface area contributed by atoms with E-state index < -0.39 is 36.0 Å². The van der Waals surface area contributed by atoms with Crippen molar-refractivity contribution in [1.29, 1.82) is 0 Å². The van der Waals surface area contributed by atoms with Crippen molar-refractivity contribution >= 4 is 35.4 Å². The van der Waals surface area contributed by atoms with Crippen molar-refractivity contribution in [1.82, 2.24) is 16.0 Å². The van der Waals surface area contributed by atoms with E-state index in [0.29, 0.717) is 10.6 Å². The van der Waals surface area contributed by atoms with Crippen LogP contribution in [0, 0.1) is 0 Å². The predicted octanol–water partition coefficient (Wildman–Crippen LogP) is 2.55. The number of carbonyl (C=O) groups excluding carboxylic acids is 4. The van der Waals surface area contributed by atoms with Crippen molar-refractivity contribution in [3.8, 4) is 0 Å². The number of amides is 4. The molecule has 8 nitrogen and oxygen atoms in total. The molecule has 4 amide bonds. The van der Waals surface area contributed by atoms with Crippen molar-refractivity contribution < 1.29 is 23.9 Å². The summed E-state index contributed by atoms with van der Waals surface area (Å²) in [5.74, 6) is -2.00. The zero-order valence-electron chi connectivity index (χ0n) is 16.5. The first-order chi connectivity index (χ1) is 13.8. The number of carbonyl (C=O) groups is 4. The third-order valence-electron chi connectivity index (χ3n) is 4.65. The van der Waals surface area contributed by atoms with Crippen LogP contribution in [-0.4, -0.2) is 42.0 Å². The molecule has 0 radical (unpaired) electrons. The molecule has 0 unspecified atom stereocenters. The third-order valence-corrected chi connectivity index (χ3v) is 4.90. The second-order valence-corrected chi connectivity index (χ2v) is 7.52. The topological polar surface area (TPSA) is 114 Å². The molecule has 1 aromatic carbocycles. The van der Waals surface area contributed by atoms with Gasteiger partial charge in [0.1, 0.15) is 6.04 Å². The average Bonchev–Trinajstić information content (AvgIpc) is 2.68. The molecule has 1 aliphatic carbocycles. The Morgan fingerprint density at radius 2 is 1.66 bits per heavy atom. The number of imide groups is 1. The number of urea groups is 1. The van der Waals surface area contributed by atoms with E-state index in [1.165, 1.54) is 26.0 Å². The number of benzene rings is 1. The van der Waals surface area contributed by atoms with Gasteiger partial charge in [-0.05, 0) is 51.0 Å². The molecule has 1 aromatic rings. The maximum atomic E-state index is 12.1. The molecule has 0 heterocycles. The van der Waals surface area contributed by atoms with Gasteiger partial charge in [-0.2, -0.15) is 0 Å². The molecule has 1 aliphatic rings. The van der Waals surface area contributed by atoms with Crippen LogP contribution < -0.4 is 16.0 Å². The van der Waals surface area contributed by atoms with E-state index in [1.54, 1.807) is 12.1 Å². The Balaban J connectivity index is 1.77. The minimum atomic E-state index is -1.19. The summed E-state index contributed by atoms with van der Waals surface area (Å²) < 4.78 is 5.05. The van der Waals surface area contributed by atoms with E-state index in [9.17, 15) is 19.2 Å². The summed E-state index contributed by atoms with van der Waals surface area (Å²) in [6.45, 7) is 2.80. The summed E-state index contributed by atoms with van der Waals surface area (Å²) in [5, 5.41) is 7.90. The Morgan fingerprint density at radius 3 is 2.28 bits per heavy atom. The van der Waals surface area contributed by atoms with E-state index in [0.717, 1.165) is 32.1 Å². The number of nitrogens with one attached hydrogen (secondary N) is 3. The van der Waals surface area contributed by atoms with Gasteiger partial charge in [0, 0.05) is 16.6 Å². The van der Waals surface area contributed by atoms with E-state index in [-0.39, 0.29) is 6.04 Å². The van der Waals surface area contributed by atoms with Crippen molar-refractivity contribution in [3.05, 3.63) is 34.9 Å². The number of rotatable bonds is 6. The molecular formula is C20H26ClN3O5. The number of halogens is 1. The third kappa shape index (κ3) is 7.38. The standard InChI is InChI=1S/C20H26ClN3O5/c1-12(22-18(26)14-8-10-15(21)11-9-14)19(27)29-13(2)17(25)24-20(28)23-16-6-4-3-5-7-16/h8-13,16H,3-7H2,1-2H3,(H,22,26)(H2,23,24,25,28)/t12-,13+/m0/s1. The van der Waals surface area contributed by atoms with E-state index in [4.69, 9.17) is 16.3 Å². The van der Waals surface area contributed by atoms with Gasteiger partial charge >= 0.3 is 12.0 Å². The summed E-state index contributed by atoms with van der Waals surface area (Å²) >= 11 is 5.78. The van der Waals surface area contributed by atoms with Crippen LogP contribution in [0.2, 0.25) is 5.02 Å². The smallest absolute Gasteiger partial charge is 0.329 e. The summed E-state index contributed by atoms with van der Waals surface area (Å²) in [6, 6.07) is 4.64. The predicted molar refractivity (Wildman–Crippen MR) is 107 cm³/mol. The quantitative estimate of drug-likeness (QED) is 0.608. The fourth-order valence-electron chi connectivity index (χ4n) is 2.95. The van der Waals surface area contributed by atoms with Crippen LogP contribution in [0.5, 0.6) is 0 Å². The van der Waals surface area contributed by atoms with Crippen LogP contribution in [0.3, 0.4) is 0 Å². The first-order valence-electron chi connectivity index (χ1n) is 9.64. The molecule has 2 rings (SSSR count). The zero-order chi connectivity index (χ0) is 21.4. The molecule has 2 atom stereocenters. The van der Waals surface area contributed by atoms with Crippen LogP contribution in [0.15, 0.2) is 24.3 Å². The van der Waals surface area contributed by atoms with Gasteiger partial charge in [-0.3, -0.25) is 14.9 Å². The number of hydrogen-bond donors (Lipinski definition) is 3. The zero-order valence-corrected chi connectivity index (χ0v) is 17.3. The fourth-order valence-corrected chi connectivity index (χ4v) is 3.08. The number of hydrogen-bond acceptors (Lipinski definition) is 5. The van der Waals surface area contributed by atoms with Crippen LogP contribution in [-0.2, 0) is 14.3 Å². The lowest BCUT2D eigenvalue weighted by molar-refractivity contribution is -0.155. The molecule has 1 saturated carbocycles. The van der Waals surface area contributed by atoms with Gasteiger partial charge in [-0.1, -0.05) is 30.9 Å². The van der Waals surface area contributed by atoms with Crippen LogP contribution >= 0.6 is 11.6 Å². The Labute approximate surface area is 174 Å². The highest BCUT2D eigenvalue weighted by Gasteiger charge is 2.25. The molecular weight excluding hydrogens is 398 g/mol.